The van der Waals surface area contributed by atoms with Gasteiger partial charge in [0.15, 0.2) is 0 Å². The Bertz CT molecular complexity index is 630. The predicted molar refractivity (Wildman–Crippen MR) is 87.2 cm³/mol. The Morgan fingerprint density at radius 3 is 2.43 bits per heavy atom. The maximum Gasteiger partial charge on any atom is 0.326 e. The molecule has 0 heterocycles. The number of nitriles is 1. The van der Waals surface area contributed by atoms with Gasteiger partial charge in [-0.1, -0.05) is 13.8 Å². The van der Waals surface area contributed by atoms with Crippen LogP contribution in [0.5, 0.6) is 0 Å². The Hall–Kier alpha value is -3.01. The molecule has 7 nitrogen and oxygen atoms in total. The highest BCUT2D eigenvalue weighted by Gasteiger charge is 2.22. The van der Waals surface area contributed by atoms with E-state index in [2.05, 4.69) is 10.6 Å². The van der Waals surface area contributed by atoms with E-state index >= 15 is 0 Å². The number of carboxylic acid groups (broad SMARTS) is 1. The largest absolute Gasteiger partial charge is 0.480 e. The second-order valence-corrected chi connectivity index (χ2v) is 5.43. The van der Waals surface area contributed by atoms with Gasteiger partial charge >= 0.3 is 5.97 Å². The number of nitrogen functional groups attached to an aromatic ring is 1. The van der Waals surface area contributed by atoms with Crippen molar-refractivity contribution in [3.8, 4) is 6.07 Å². The number of amides is 1. The van der Waals surface area contributed by atoms with Gasteiger partial charge in [0.2, 0.25) is 0 Å². The molecule has 1 unspecified atom stereocenters. The van der Waals surface area contributed by atoms with Crippen LogP contribution in [0.25, 0.3) is 0 Å². The van der Waals surface area contributed by atoms with Gasteiger partial charge in [0, 0.05) is 17.6 Å². The van der Waals surface area contributed by atoms with E-state index in [4.69, 9.17) is 16.1 Å². The summed E-state index contributed by atoms with van der Waals surface area (Å²) in [6.45, 7) is 3.71. The highest BCUT2D eigenvalue weighted by Crippen LogP contribution is 2.11. The number of nitrogens with zero attached hydrogens (tertiary/aromatic N) is 1. The predicted octanol–water partition coefficient (Wildman–Crippen LogP) is 1.70. The molecule has 0 bridgehead atoms. The lowest BCUT2D eigenvalue weighted by molar-refractivity contribution is -0.141. The fourth-order valence-electron chi connectivity index (χ4n) is 1.81. The smallest absolute Gasteiger partial charge is 0.326 e. The van der Waals surface area contributed by atoms with Crippen LogP contribution in [0.2, 0.25) is 0 Å². The molecule has 0 aliphatic heterocycles. The van der Waals surface area contributed by atoms with E-state index in [0.29, 0.717) is 11.4 Å². The fourth-order valence-corrected chi connectivity index (χ4v) is 1.81. The first-order valence-electron chi connectivity index (χ1n) is 7.09. The lowest BCUT2D eigenvalue weighted by Crippen LogP contribution is -2.42. The van der Waals surface area contributed by atoms with Crippen molar-refractivity contribution >= 4 is 23.3 Å². The van der Waals surface area contributed by atoms with E-state index in [0.717, 1.165) is 0 Å². The molecule has 0 fully saturated rings. The first-order chi connectivity index (χ1) is 10.8. The molecule has 0 radical (unpaired) electrons. The van der Waals surface area contributed by atoms with Gasteiger partial charge in [-0.05, 0) is 36.6 Å². The zero-order valence-electron chi connectivity index (χ0n) is 13.0. The van der Waals surface area contributed by atoms with E-state index in [1.54, 1.807) is 30.3 Å². The molecule has 0 aliphatic rings. The van der Waals surface area contributed by atoms with Gasteiger partial charge in [-0.25, -0.2) is 4.79 Å². The van der Waals surface area contributed by atoms with Crippen LogP contribution in [-0.4, -0.2) is 23.0 Å². The molecule has 23 heavy (non-hydrogen) atoms. The minimum atomic E-state index is -1.13. The van der Waals surface area contributed by atoms with Crippen molar-refractivity contribution in [1.82, 2.24) is 5.32 Å². The molecule has 7 heteroatoms. The molecular formula is C16H20N4O3. The number of carbonyl (C=O) groups excluding carboxylic acids is 1. The van der Waals surface area contributed by atoms with Crippen LogP contribution in [0, 0.1) is 17.2 Å². The second-order valence-electron chi connectivity index (χ2n) is 5.43. The number of carboxylic acids is 1. The molecule has 0 saturated heterocycles. The highest BCUT2D eigenvalue weighted by atomic mass is 16.4. The molecule has 1 rings (SSSR count). The zero-order valence-corrected chi connectivity index (χ0v) is 13.0. The average Bonchev–Trinajstić information content (AvgIpc) is 2.48. The summed E-state index contributed by atoms with van der Waals surface area (Å²) in [7, 11) is 0. The van der Waals surface area contributed by atoms with E-state index in [1.165, 1.54) is 6.20 Å². The summed E-state index contributed by atoms with van der Waals surface area (Å²) >= 11 is 0. The highest BCUT2D eigenvalue weighted by molar-refractivity contribution is 5.99. The number of hydrogen-bond donors (Lipinski definition) is 4. The number of nitrogens with two attached hydrogens (primary N) is 1. The maximum absolute atomic E-state index is 12.0. The maximum atomic E-state index is 12.0. The molecule has 5 N–H and O–H groups in total. The molecular weight excluding hydrogens is 296 g/mol. The minimum absolute atomic E-state index is 0.0961. The number of benzene rings is 1. The van der Waals surface area contributed by atoms with Gasteiger partial charge in [0.05, 0.1) is 0 Å². The molecule has 1 aromatic carbocycles. The van der Waals surface area contributed by atoms with Crippen LogP contribution < -0.4 is 16.4 Å². The van der Waals surface area contributed by atoms with Gasteiger partial charge in [-0.2, -0.15) is 5.26 Å². The van der Waals surface area contributed by atoms with Crippen LogP contribution in [0.1, 0.15) is 20.3 Å². The fraction of sp³-hybridized carbons (Fsp3) is 0.312. The van der Waals surface area contributed by atoms with Gasteiger partial charge in [-0.15, -0.1) is 0 Å². The molecule has 1 atom stereocenters. The Kier molecular flexibility index (Phi) is 6.62. The van der Waals surface area contributed by atoms with Crippen molar-refractivity contribution in [2.75, 3.05) is 11.1 Å². The average molecular weight is 316 g/mol. The standard InChI is InChI=1S/C16H20N4O3/c1-10(2)7-14(16(22)23)20-15(21)11(8-17)9-19-13-5-3-12(18)4-6-13/h3-6,9-10,14,19H,7,18H2,1-2H3,(H,20,21)(H,22,23)/b11-9-. The van der Waals surface area contributed by atoms with Crippen molar-refractivity contribution in [2.24, 2.45) is 5.92 Å². The van der Waals surface area contributed by atoms with Gasteiger partial charge in [0.25, 0.3) is 5.91 Å². The van der Waals surface area contributed by atoms with Crippen LogP contribution >= 0.6 is 0 Å². The van der Waals surface area contributed by atoms with E-state index in [-0.39, 0.29) is 17.9 Å². The van der Waals surface area contributed by atoms with Crippen molar-refractivity contribution in [3.05, 3.63) is 36.0 Å². The lowest BCUT2D eigenvalue weighted by atomic mass is 10.0. The summed E-state index contributed by atoms with van der Waals surface area (Å²) in [4.78, 5) is 23.2. The molecule has 1 aromatic rings. The summed E-state index contributed by atoms with van der Waals surface area (Å²) in [5.41, 5.74) is 6.60. The Morgan fingerprint density at radius 1 is 1.35 bits per heavy atom. The Labute approximate surface area is 134 Å². The van der Waals surface area contributed by atoms with Gasteiger partial charge in [-0.3, -0.25) is 4.79 Å². The number of rotatable bonds is 7. The molecule has 0 spiro atoms. The summed E-state index contributed by atoms with van der Waals surface area (Å²) in [5.74, 6) is -1.77. The number of anilines is 2. The summed E-state index contributed by atoms with van der Waals surface area (Å²) < 4.78 is 0. The first kappa shape index (κ1) is 18.0. The molecule has 0 aliphatic carbocycles. The van der Waals surface area contributed by atoms with Crippen molar-refractivity contribution in [3.63, 3.8) is 0 Å². The van der Waals surface area contributed by atoms with E-state index in [9.17, 15) is 9.59 Å². The van der Waals surface area contributed by atoms with Gasteiger partial charge < -0.3 is 21.5 Å². The quantitative estimate of drug-likeness (QED) is 0.344. The van der Waals surface area contributed by atoms with Crippen molar-refractivity contribution in [2.45, 2.75) is 26.3 Å². The summed E-state index contributed by atoms with van der Waals surface area (Å²) in [6, 6.07) is 7.45. The third-order valence-electron chi connectivity index (χ3n) is 2.97. The Morgan fingerprint density at radius 2 is 1.96 bits per heavy atom. The van der Waals surface area contributed by atoms with E-state index < -0.39 is 17.9 Å². The third kappa shape index (κ3) is 6.09. The number of aliphatic carboxylic acids is 1. The zero-order chi connectivity index (χ0) is 17.4. The van der Waals surface area contributed by atoms with Crippen molar-refractivity contribution in [1.29, 1.82) is 5.26 Å². The van der Waals surface area contributed by atoms with Crippen LogP contribution in [0.3, 0.4) is 0 Å². The molecule has 0 aromatic heterocycles. The normalized spacial score (nSPS) is 12.3. The first-order valence-corrected chi connectivity index (χ1v) is 7.09. The molecule has 122 valence electrons. The molecule has 1 amide bonds. The third-order valence-corrected chi connectivity index (χ3v) is 2.97. The topological polar surface area (TPSA) is 128 Å². The minimum Gasteiger partial charge on any atom is -0.480 e. The second kappa shape index (κ2) is 8.44. The number of carbonyl (C=O) groups is 2. The van der Waals surface area contributed by atoms with Crippen LogP contribution in [0.4, 0.5) is 11.4 Å². The van der Waals surface area contributed by atoms with Gasteiger partial charge in [0.1, 0.15) is 17.7 Å². The summed E-state index contributed by atoms with van der Waals surface area (Å²) in [6.07, 6.45) is 1.51. The SMILES string of the molecule is CC(C)CC(NC(=O)/C(C#N)=C\Nc1ccc(N)cc1)C(=O)O. The van der Waals surface area contributed by atoms with Crippen LogP contribution in [0.15, 0.2) is 36.0 Å². The monoisotopic (exact) mass is 316 g/mol. The Balaban J connectivity index is 2.77. The van der Waals surface area contributed by atoms with E-state index in [1.807, 2.05) is 13.8 Å². The lowest BCUT2D eigenvalue weighted by Gasteiger charge is -2.16. The number of nitrogens with one attached hydrogen (secondary N) is 2. The van der Waals surface area contributed by atoms with Crippen LogP contribution in [-0.2, 0) is 9.59 Å². The number of hydrogen-bond acceptors (Lipinski definition) is 5. The summed E-state index contributed by atoms with van der Waals surface area (Å²) in [5, 5.41) is 23.3. The molecule has 0 saturated carbocycles. The van der Waals surface area contributed by atoms with Crippen molar-refractivity contribution < 1.29 is 14.7 Å².